The van der Waals surface area contributed by atoms with Crippen LogP contribution in [0.15, 0.2) is 29.4 Å². The summed E-state index contributed by atoms with van der Waals surface area (Å²) in [6.45, 7) is 6.72. The molecule has 1 fully saturated rings. The van der Waals surface area contributed by atoms with Crippen molar-refractivity contribution < 1.29 is 32.5 Å². The van der Waals surface area contributed by atoms with Gasteiger partial charge in [-0.25, -0.2) is 0 Å². The fourth-order valence-corrected chi connectivity index (χ4v) is 4.40. The van der Waals surface area contributed by atoms with E-state index >= 15 is 0 Å². The van der Waals surface area contributed by atoms with E-state index < -0.39 is 23.7 Å². The van der Waals surface area contributed by atoms with E-state index in [1.165, 1.54) is 11.3 Å². The minimum Gasteiger partial charge on any atom is -0.491 e. The number of aliphatic hydroxyl groups is 1. The average Bonchev–Trinajstić information content (AvgIpc) is 3.41. The topological polar surface area (TPSA) is 99.1 Å². The summed E-state index contributed by atoms with van der Waals surface area (Å²) in [6.07, 6.45) is -0.894. The van der Waals surface area contributed by atoms with E-state index in [0.717, 1.165) is 35.9 Å². The van der Waals surface area contributed by atoms with Crippen LogP contribution in [0.2, 0.25) is 0 Å². The monoisotopic (exact) mass is 501 g/mol. The van der Waals surface area contributed by atoms with Crippen LogP contribution in [0.4, 0.5) is 13.2 Å². The van der Waals surface area contributed by atoms with Crippen molar-refractivity contribution in [3.05, 3.63) is 45.2 Å². The summed E-state index contributed by atoms with van der Waals surface area (Å²) in [5.74, 6) is -0.939. The summed E-state index contributed by atoms with van der Waals surface area (Å²) in [5, 5.41) is 9.10. The maximum Gasteiger partial charge on any atom is 0.416 e. The maximum absolute atomic E-state index is 13.3. The maximum atomic E-state index is 13.3. The lowest BCUT2D eigenvalue weighted by Gasteiger charge is -2.15. The largest absolute Gasteiger partial charge is 0.491 e. The van der Waals surface area contributed by atoms with Gasteiger partial charge >= 0.3 is 6.18 Å². The van der Waals surface area contributed by atoms with Crippen LogP contribution >= 0.6 is 11.3 Å². The zero-order valence-electron chi connectivity index (χ0n) is 19.4. The zero-order valence-corrected chi connectivity index (χ0v) is 20.2. The standard InChI is InChI=1S/C23H30F3N3O4S/c1-22(2,3)19-11-29(10-16-5-4-8-32-16)21(34-19)28-20(31)17-9-14(23(24,25)26)6-7-18(17)33-13-15(27)12-30/h6-7,9,11,15-16,30H,4-5,8,10,12-13,27H2,1-3H3/t15-,16-/m0/s1. The third-order valence-corrected chi connectivity index (χ3v) is 6.75. The molecule has 0 radical (unpaired) electrons. The number of carbonyl (C=O) groups is 1. The molecular formula is C23H30F3N3O4S. The molecule has 0 saturated carbocycles. The third kappa shape index (κ3) is 6.68. The molecule has 1 amide bonds. The number of alkyl halides is 3. The number of ether oxygens (including phenoxy) is 2. The number of nitrogens with zero attached hydrogens (tertiary/aromatic N) is 2. The van der Waals surface area contributed by atoms with E-state index in [9.17, 15) is 18.0 Å². The van der Waals surface area contributed by atoms with Crippen LogP contribution in [0.1, 0.15) is 54.4 Å². The lowest BCUT2D eigenvalue weighted by molar-refractivity contribution is -0.137. The first-order valence-electron chi connectivity index (χ1n) is 11.0. The van der Waals surface area contributed by atoms with Gasteiger partial charge in [0.1, 0.15) is 12.4 Å². The van der Waals surface area contributed by atoms with E-state index in [1.54, 1.807) is 0 Å². The van der Waals surface area contributed by atoms with Gasteiger partial charge in [-0.2, -0.15) is 18.2 Å². The molecule has 3 N–H and O–H groups in total. The highest BCUT2D eigenvalue weighted by molar-refractivity contribution is 7.09. The molecule has 11 heteroatoms. The first kappa shape index (κ1) is 26.4. The molecular weight excluding hydrogens is 471 g/mol. The molecule has 2 heterocycles. The van der Waals surface area contributed by atoms with Gasteiger partial charge in [-0.3, -0.25) is 4.79 Å². The van der Waals surface area contributed by atoms with Gasteiger partial charge in [-0.1, -0.05) is 20.8 Å². The van der Waals surface area contributed by atoms with E-state index in [2.05, 4.69) is 4.99 Å². The number of thiazole rings is 1. The molecule has 1 aliphatic heterocycles. The Morgan fingerprint density at radius 3 is 2.71 bits per heavy atom. The predicted molar refractivity (Wildman–Crippen MR) is 122 cm³/mol. The molecule has 34 heavy (non-hydrogen) atoms. The number of nitrogens with two attached hydrogens (primary N) is 1. The van der Waals surface area contributed by atoms with Gasteiger partial charge in [-0.15, -0.1) is 11.3 Å². The number of amides is 1. The van der Waals surface area contributed by atoms with Gasteiger partial charge in [-0.05, 0) is 36.5 Å². The van der Waals surface area contributed by atoms with Crippen LogP contribution in [0, 0.1) is 0 Å². The average molecular weight is 502 g/mol. The number of aliphatic hydroxyl groups excluding tert-OH is 1. The highest BCUT2D eigenvalue weighted by Crippen LogP contribution is 2.33. The molecule has 0 aliphatic carbocycles. The van der Waals surface area contributed by atoms with Gasteiger partial charge in [0.05, 0.1) is 36.4 Å². The highest BCUT2D eigenvalue weighted by atomic mass is 32.1. The van der Waals surface area contributed by atoms with Crippen molar-refractivity contribution in [2.75, 3.05) is 19.8 Å². The molecule has 0 bridgehead atoms. The molecule has 1 aliphatic rings. The van der Waals surface area contributed by atoms with Crippen molar-refractivity contribution in [3.8, 4) is 5.75 Å². The third-order valence-electron chi connectivity index (χ3n) is 5.31. The molecule has 188 valence electrons. The molecule has 0 unspecified atom stereocenters. The Bertz CT molecular complexity index is 1070. The Hall–Kier alpha value is -2.21. The van der Waals surface area contributed by atoms with Crippen molar-refractivity contribution in [1.29, 1.82) is 0 Å². The van der Waals surface area contributed by atoms with E-state index in [0.29, 0.717) is 18.0 Å². The van der Waals surface area contributed by atoms with Gasteiger partial charge in [0, 0.05) is 17.7 Å². The summed E-state index contributed by atoms with van der Waals surface area (Å²) in [4.78, 5) is 18.7. The molecule has 1 aromatic carbocycles. The van der Waals surface area contributed by atoms with Crippen LogP contribution in [-0.2, 0) is 22.9 Å². The second kappa shape index (κ2) is 10.6. The smallest absolute Gasteiger partial charge is 0.416 e. The fraction of sp³-hybridized carbons (Fsp3) is 0.565. The van der Waals surface area contributed by atoms with E-state index in [4.69, 9.17) is 20.3 Å². The fourth-order valence-electron chi connectivity index (χ4n) is 3.35. The van der Waals surface area contributed by atoms with Gasteiger partial charge in [0.2, 0.25) is 0 Å². The molecule has 1 saturated heterocycles. The van der Waals surface area contributed by atoms with E-state index in [-0.39, 0.29) is 36.0 Å². The number of hydrogen-bond acceptors (Lipinski definition) is 6. The molecule has 1 aromatic heterocycles. The quantitative estimate of drug-likeness (QED) is 0.605. The SMILES string of the molecule is CC(C)(C)c1cn(C[C@@H]2CCCO2)c(=NC(=O)c2cc(C(F)(F)F)ccc2OC[C@@H](N)CO)s1. The highest BCUT2D eigenvalue weighted by Gasteiger charge is 2.32. The van der Waals surface area contributed by atoms with Gasteiger partial charge in [0.15, 0.2) is 4.80 Å². The summed E-state index contributed by atoms with van der Waals surface area (Å²) < 4.78 is 53.0. The summed E-state index contributed by atoms with van der Waals surface area (Å²) >= 11 is 1.31. The minimum atomic E-state index is -4.64. The Kier molecular flexibility index (Phi) is 8.22. The second-order valence-corrected chi connectivity index (χ2v) is 10.3. The van der Waals surface area contributed by atoms with Crippen molar-refractivity contribution >= 4 is 17.2 Å². The van der Waals surface area contributed by atoms with Crippen molar-refractivity contribution in [1.82, 2.24) is 4.57 Å². The summed E-state index contributed by atoms with van der Waals surface area (Å²) in [7, 11) is 0. The van der Waals surface area contributed by atoms with E-state index in [1.807, 2.05) is 31.5 Å². The lowest BCUT2D eigenvalue weighted by Crippen LogP contribution is -2.31. The Labute approximate surface area is 200 Å². The second-order valence-electron chi connectivity index (χ2n) is 9.29. The molecule has 2 aromatic rings. The predicted octanol–water partition coefficient (Wildman–Crippen LogP) is 3.48. The normalized spacial score (nSPS) is 18.4. The van der Waals surface area contributed by atoms with Crippen LogP contribution < -0.4 is 15.3 Å². The molecule has 0 spiro atoms. The number of aromatic nitrogens is 1. The number of halogens is 3. The molecule has 3 rings (SSSR count). The Morgan fingerprint density at radius 2 is 2.12 bits per heavy atom. The Morgan fingerprint density at radius 1 is 1.38 bits per heavy atom. The first-order valence-corrected chi connectivity index (χ1v) is 11.8. The number of carbonyl (C=O) groups excluding carboxylic acids is 1. The van der Waals surface area contributed by atoms with Crippen LogP contribution in [-0.4, -0.2) is 47.5 Å². The van der Waals surface area contributed by atoms with Crippen molar-refractivity contribution in [2.24, 2.45) is 10.7 Å². The number of rotatable bonds is 7. The minimum absolute atomic E-state index is 0.0103. The van der Waals surface area contributed by atoms with Gasteiger partial charge < -0.3 is 24.9 Å². The number of benzene rings is 1. The van der Waals surface area contributed by atoms with Crippen molar-refractivity contribution in [2.45, 2.75) is 63.9 Å². The summed E-state index contributed by atoms with van der Waals surface area (Å²) in [5.41, 5.74) is 4.12. The van der Waals surface area contributed by atoms with Crippen LogP contribution in [0.25, 0.3) is 0 Å². The van der Waals surface area contributed by atoms with Crippen LogP contribution in [0.5, 0.6) is 5.75 Å². The van der Waals surface area contributed by atoms with Crippen molar-refractivity contribution in [3.63, 3.8) is 0 Å². The first-order chi connectivity index (χ1) is 15.9. The number of hydrogen-bond donors (Lipinski definition) is 2. The lowest BCUT2D eigenvalue weighted by atomic mass is 9.95. The van der Waals surface area contributed by atoms with Gasteiger partial charge in [0.25, 0.3) is 5.91 Å². The zero-order chi connectivity index (χ0) is 25.1. The van der Waals surface area contributed by atoms with Crippen LogP contribution in [0.3, 0.4) is 0 Å². The Balaban J connectivity index is 2.03. The summed E-state index contributed by atoms with van der Waals surface area (Å²) in [6, 6.07) is 1.89. The molecule has 2 atom stereocenters. The molecule has 7 nitrogen and oxygen atoms in total.